The molecule has 0 N–H and O–H groups in total. The third-order valence-corrected chi connectivity index (χ3v) is 4.97. The van der Waals surface area contributed by atoms with Gasteiger partial charge in [-0.05, 0) is 18.6 Å². The average Bonchev–Trinajstić information content (AvgIpc) is 2.93. The highest BCUT2D eigenvalue weighted by atomic mass is 16.5. The van der Waals surface area contributed by atoms with Crippen molar-refractivity contribution in [1.82, 2.24) is 9.88 Å². The molecule has 1 fully saturated rings. The predicted molar refractivity (Wildman–Crippen MR) is 98.2 cm³/mol. The van der Waals surface area contributed by atoms with Gasteiger partial charge in [0.1, 0.15) is 5.69 Å². The Morgan fingerprint density at radius 3 is 2.65 bits per heavy atom. The Hall–Kier alpha value is -2.57. The highest BCUT2D eigenvalue weighted by Crippen LogP contribution is 2.34. The number of ether oxygens (including phenoxy) is 1. The SMILES string of the molecule is CC1C(=O)c2ncc(-c3ccccc3)cc2N1C(=O)CN1CCOCC1. The van der Waals surface area contributed by atoms with E-state index in [2.05, 4.69) is 9.88 Å². The van der Waals surface area contributed by atoms with Gasteiger partial charge in [-0.1, -0.05) is 30.3 Å². The summed E-state index contributed by atoms with van der Waals surface area (Å²) in [5.74, 6) is -0.173. The summed E-state index contributed by atoms with van der Waals surface area (Å²) in [6.07, 6.45) is 1.70. The fourth-order valence-corrected chi connectivity index (χ4v) is 3.52. The van der Waals surface area contributed by atoms with E-state index < -0.39 is 6.04 Å². The van der Waals surface area contributed by atoms with E-state index >= 15 is 0 Å². The number of morpholine rings is 1. The number of fused-ring (bicyclic) bond motifs is 1. The number of ketones is 1. The van der Waals surface area contributed by atoms with Crippen LogP contribution < -0.4 is 4.90 Å². The largest absolute Gasteiger partial charge is 0.379 e. The van der Waals surface area contributed by atoms with E-state index in [9.17, 15) is 9.59 Å². The molecule has 1 unspecified atom stereocenters. The molecule has 0 spiro atoms. The van der Waals surface area contributed by atoms with E-state index in [1.165, 1.54) is 0 Å². The molecule has 2 aliphatic heterocycles. The van der Waals surface area contributed by atoms with Crippen molar-refractivity contribution in [3.8, 4) is 11.1 Å². The molecule has 26 heavy (non-hydrogen) atoms. The predicted octanol–water partition coefficient (Wildman–Crippen LogP) is 2.00. The molecule has 4 rings (SSSR count). The molecule has 134 valence electrons. The Balaban J connectivity index is 1.64. The van der Waals surface area contributed by atoms with Crippen molar-refractivity contribution in [3.63, 3.8) is 0 Å². The van der Waals surface area contributed by atoms with Gasteiger partial charge in [-0.3, -0.25) is 24.4 Å². The zero-order valence-electron chi connectivity index (χ0n) is 14.7. The number of anilines is 1. The van der Waals surface area contributed by atoms with Gasteiger partial charge >= 0.3 is 0 Å². The van der Waals surface area contributed by atoms with E-state index in [0.29, 0.717) is 24.6 Å². The number of carbonyl (C=O) groups excluding carboxylic acids is 2. The number of rotatable bonds is 3. The lowest BCUT2D eigenvalue weighted by Crippen LogP contribution is -2.47. The monoisotopic (exact) mass is 351 g/mol. The highest BCUT2D eigenvalue weighted by molar-refractivity contribution is 6.17. The number of nitrogens with zero attached hydrogens (tertiary/aromatic N) is 3. The van der Waals surface area contributed by atoms with Gasteiger partial charge in [0.2, 0.25) is 11.7 Å². The van der Waals surface area contributed by atoms with Crippen molar-refractivity contribution in [2.75, 3.05) is 37.7 Å². The van der Waals surface area contributed by atoms with E-state index in [1.807, 2.05) is 36.4 Å². The Bertz CT molecular complexity index is 831. The summed E-state index contributed by atoms with van der Waals surface area (Å²) in [4.78, 5) is 33.5. The summed E-state index contributed by atoms with van der Waals surface area (Å²) < 4.78 is 5.34. The smallest absolute Gasteiger partial charge is 0.241 e. The van der Waals surface area contributed by atoms with Crippen molar-refractivity contribution in [2.24, 2.45) is 0 Å². The second kappa shape index (κ2) is 6.97. The Morgan fingerprint density at radius 2 is 1.92 bits per heavy atom. The van der Waals surface area contributed by atoms with Crippen molar-refractivity contribution >= 4 is 17.4 Å². The third kappa shape index (κ3) is 3.02. The number of hydrogen-bond donors (Lipinski definition) is 0. The second-order valence-corrected chi connectivity index (χ2v) is 6.65. The molecule has 1 amide bonds. The lowest BCUT2D eigenvalue weighted by atomic mass is 10.1. The van der Waals surface area contributed by atoms with Crippen LogP contribution in [0.4, 0.5) is 5.69 Å². The fourth-order valence-electron chi connectivity index (χ4n) is 3.52. The summed E-state index contributed by atoms with van der Waals surface area (Å²) in [5, 5.41) is 0. The van der Waals surface area contributed by atoms with Gasteiger partial charge in [0.15, 0.2) is 0 Å². The topological polar surface area (TPSA) is 62.7 Å². The van der Waals surface area contributed by atoms with Crippen molar-refractivity contribution in [3.05, 3.63) is 48.3 Å². The van der Waals surface area contributed by atoms with Crippen molar-refractivity contribution in [2.45, 2.75) is 13.0 Å². The molecule has 0 radical (unpaired) electrons. The van der Waals surface area contributed by atoms with Crippen LogP contribution in [0.1, 0.15) is 17.4 Å². The third-order valence-electron chi connectivity index (χ3n) is 4.97. The molecule has 2 aromatic rings. The number of pyridine rings is 1. The van der Waals surface area contributed by atoms with Crippen LogP contribution in [0.15, 0.2) is 42.6 Å². The Kier molecular flexibility index (Phi) is 4.53. The van der Waals surface area contributed by atoms with Crippen LogP contribution in [-0.2, 0) is 9.53 Å². The molecular weight excluding hydrogens is 330 g/mol. The van der Waals surface area contributed by atoms with Crippen LogP contribution in [0.3, 0.4) is 0 Å². The first-order valence-electron chi connectivity index (χ1n) is 8.87. The normalized spacial score (nSPS) is 20.3. The maximum absolute atomic E-state index is 12.9. The van der Waals surface area contributed by atoms with Gasteiger partial charge in [-0.25, -0.2) is 0 Å². The summed E-state index contributed by atoms with van der Waals surface area (Å²) in [7, 11) is 0. The van der Waals surface area contributed by atoms with Crippen LogP contribution in [-0.4, -0.2) is 60.5 Å². The molecule has 0 bridgehead atoms. The molecular formula is C20H21N3O3. The molecule has 2 aliphatic rings. The molecule has 6 heteroatoms. The average molecular weight is 351 g/mol. The summed E-state index contributed by atoms with van der Waals surface area (Å²) >= 11 is 0. The maximum Gasteiger partial charge on any atom is 0.241 e. The Labute approximate surface area is 152 Å². The molecule has 0 aliphatic carbocycles. The zero-order valence-corrected chi connectivity index (χ0v) is 14.7. The molecule has 3 heterocycles. The van der Waals surface area contributed by atoms with E-state index in [-0.39, 0.29) is 18.2 Å². The lowest BCUT2D eigenvalue weighted by molar-refractivity contribution is -0.120. The van der Waals surface area contributed by atoms with E-state index in [0.717, 1.165) is 24.2 Å². The number of hydrogen-bond acceptors (Lipinski definition) is 5. The summed E-state index contributed by atoms with van der Waals surface area (Å²) in [6.45, 7) is 4.80. The van der Waals surface area contributed by atoms with Gasteiger partial charge < -0.3 is 4.74 Å². The van der Waals surface area contributed by atoms with E-state index in [4.69, 9.17) is 4.74 Å². The first-order valence-corrected chi connectivity index (χ1v) is 8.87. The number of amides is 1. The molecule has 1 aromatic carbocycles. The lowest BCUT2D eigenvalue weighted by Gasteiger charge is -2.29. The van der Waals surface area contributed by atoms with Gasteiger partial charge in [0.25, 0.3) is 0 Å². The van der Waals surface area contributed by atoms with Gasteiger partial charge in [-0.2, -0.15) is 0 Å². The Morgan fingerprint density at radius 1 is 1.19 bits per heavy atom. The van der Waals surface area contributed by atoms with Crippen molar-refractivity contribution < 1.29 is 14.3 Å². The number of aromatic nitrogens is 1. The quantitative estimate of drug-likeness (QED) is 0.846. The molecule has 1 atom stereocenters. The van der Waals surface area contributed by atoms with Crippen LogP contribution in [0.25, 0.3) is 11.1 Å². The number of Topliss-reactive ketones (excluding diaryl/α,β-unsaturated/α-hetero) is 1. The minimum Gasteiger partial charge on any atom is -0.379 e. The van der Waals surface area contributed by atoms with Crippen LogP contribution in [0.5, 0.6) is 0 Å². The maximum atomic E-state index is 12.9. The number of carbonyl (C=O) groups is 2. The first-order chi connectivity index (χ1) is 12.6. The van der Waals surface area contributed by atoms with Crippen LogP contribution >= 0.6 is 0 Å². The molecule has 1 aromatic heterocycles. The second-order valence-electron chi connectivity index (χ2n) is 6.65. The number of benzene rings is 1. The summed E-state index contributed by atoms with van der Waals surface area (Å²) in [5.41, 5.74) is 2.90. The van der Waals surface area contributed by atoms with Gasteiger partial charge in [-0.15, -0.1) is 0 Å². The minimum absolute atomic E-state index is 0.0708. The van der Waals surface area contributed by atoms with Crippen molar-refractivity contribution in [1.29, 1.82) is 0 Å². The van der Waals surface area contributed by atoms with Gasteiger partial charge in [0.05, 0.1) is 31.5 Å². The molecule has 1 saturated heterocycles. The minimum atomic E-state index is -0.517. The van der Waals surface area contributed by atoms with E-state index in [1.54, 1.807) is 18.0 Å². The molecule has 6 nitrogen and oxygen atoms in total. The molecule has 0 saturated carbocycles. The van der Waals surface area contributed by atoms with Crippen LogP contribution in [0.2, 0.25) is 0 Å². The zero-order chi connectivity index (χ0) is 18.1. The first kappa shape index (κ1) is 16.9. The van der Waals surface area contributed by atoms with Gasteiger partial charge in [0, 0.05) is 24.8 Å². The van der Waals surface area contributed by atoms with Crippen LogP contribution in [0, 0.1) is 0 Å². The highest BCUT2D eigenvalue weighted by Gasteiger charge is 2.39. The standard InChI is InChI=1S/C20H21N3O3/c1-14-20(25)19-17(11-16(12-21-19)15-5-3-2-4-6-15)23(14)18(24)13-22-7-9-26-10-8-22/h2-6,11-12,14H,7-10,13H2,1H3. The summed E-state index contributed by atoms with van der Waals surface area (Å²) in [6, 6.07) is 11.2. The fraction of sp³-hybridized carbons (Fsp3) is 0.350.